The van der Waals surface area contributed by atoms with Crippen LogP contribution in [-0.2, 0) is 21.2 Å². The first-order valence-corrected chi connectivity index (χ1v) is 9.40. The molecule has 1 aromatic carbocycles. The van der Waals surface area contributed by atoms with Gasteiger partial charge in [-0.1, -0.05) is 30.3 Å². The molecule has 1 aliphatic heterocycles. The van der Waals surface area contributed by atoms with Crippen LogP contribution in [-0.4, -0.2) is 35.8 Å². The minimum atomic E-state index is -2.93. The van der Waals surface area contributed by atoms with E-state index in [1.54, 1.807) is 6.20 Å². The Morgan fingerprint density at radius 2 is 2.09 bits per heavy atom. The Kier molecular flexibility index (Phi) is 4.47. The van der Waals surface area contributed by atoms with E-state index in [1.807, 2.05) is 30.3 Å². The predicted octanol–water partition coefficient (Wildman–Crippen LogP) is 1.52. The molecular weight excluding hydrogens is 314 g/mol. The van der Waals surface area contributed by atoms with Crippen LogP contribution in [0.2, 0.25) is 0 Å². The molecule has 0 unspecified atom stereocenters. The Hall–Kier alpha value is -2.15. The topological polar surface area (TPSA) is 91.9 Å². The summed E-state index contributed by atoms with van der Waals surface area (Å²) < 4.78 is 22.8. The smallest absolute Gasteiger partial charge is 0.220 e. The van der Waals surface area contributed by atoms with Crippen LogP contribution in [0.1, 0.15) is 18.7 Å². The molecule has 1 saturated heterocycles. The molecule has 0 spiro atoms. The van der Waals surface area contributed by atoms with Gasteiger partial charge in [-0.2, -0.15) is 0 Å². The molecule has 1 amide bonds. The van der Waals surface area contributed by atoms with Crippen molar-refractivity contribution in [1.82, 2.24) is 15.3 Å². The number of hydrogen-bond donors (Lipinski definition) is 2. The molecule has 122 valence electrons. The first-order valence-electron chi connectivity index (χ1n) is 7.58. The summed E-state index contributed by atoms with van der Waals surface area (Å²) in [4.78, 5) is 19.3. The molecule has 1 fully saturated rings. The molecule has 1 aromatic heterocycles. The van der Waals surface area contributed by atoms with Crippen molar-refractivity contribution in [3.63, 3.8) is 0 Å². The average Bonchev–Trinajstić information content (AvgIpc) is 3.13. The number of carbonyl (C=O) groups is 1. The lowest BCUT2D eigenvalue weighted by atomic mass is 10.1. The molecule has 7 heteroatoms. The van der Waals surface area contributed by atoms with Crippen LogP contribution in [0.4, 0.5) is 0 Å². The predicted molar refractivity (Wildman–Crippen MR) is 87.2 cm³/mol. The Balaban J connectivity index is 1.51. The number of aromatic nitrogens is 2. The number of benzene rings is 1. The summed E-state index contributed by atoms with van der Waals surface area (Å²) in [5.74, 6) is 0.806. The molecule has 23 heavy (non-hydrogen) atoms. The Morgan fingerprint density at radius 1 is 1.30 bits per heavy atom. The molecule has 0 radical (unpaired) electrons. The summed E-state index contributed by atoms with van der Waals surface area (Å²) in [6, 6.07) is 9.82. The number of imidazole rings is 1. The zero-order valence-electron chi connectivity index (χ0n) is 12.7. The quantitative estimate of drug-likeness (QED) is 0.868. The minimum Gasteiger partial charge on any atom is -0.349 e. The number of nitrogens with zero attached hydrogens (tertiary/aromatic N) is 1. The van der Waals surface area contributed by atoms with Gasteiger partial charge < -0.3 is 10.3 Å². The number of sulfone groups is 1. The number of carbonyl (C=O) groups excluding carboxylic acids is 1. The van der Waals surface area contributed by atoms with Gasteiger partial charge in [0.1, 0.15) is 5.82 Å². The monoisotopic (exact) mass is 333 g/mol. The molecule has 3 rings (SSSR count). The zero-order chi connectivity index (χ0) is 16.3. The average molecular weight is 333 g/mol. The molecule has 0 saturated carbocycles. The number of H-pyrrole nitrogens is 1. The van der Waals surface area contributed by atoms with E-state index in [1.165, 1.54) is 0 Å². The van der Waals surface area contributed by atoms with Gasteiger partial charge in [0, 0.05) is 6.42 Å². The standard InChI is InChI=1S/C16H19N3O3S/c20-16(8-12-6-7-23(21,22)11-12)18-10-15-17-9-14(19-15)13-4-2-1-3-5-13/h1-5,9,12H,6-8,10-11H2,(H,17,19)(H,18,20)/t12-/m0/s1. The van der Waals surface area contributed by atoms with Crippen LogP contribution < -0.4 is 5.32 Å². The highest BCUT2D eigenvalue weighted by Gasteiger charge is 2.29. The van der Waals surface area contributed by atoms with Gasteiger partial charge >= 0.3 is 0 Å². The zero-order valence-corrected chi connectivity index (χ0v) is 13.5. The van der Waals surface area contributed by atoms with E-state index in [2.05, 4.69) is 15.3 Å². The lowest BCUT2D eigenvalue weighted by Gasteiger charge is -2.07. The van der Waals surface area contributed by atoms with E-state index in [-0.39, 0.29) is 29.8 Å². The van der Waals surface area contributed by atoms with Gasteiger partial charge in [-0.05, 0) is 17.9 Å². The van der Waals surface area contributed by atoms with Gasteiger partial charge in [-0.3, -0.25) is 4.79 Å². The van der Waals surface area contributed by atoms with Crippen molar-refractivity contribution in [2.24, 2.45) is 5.92 Å². The second-order valence-corrected chi connectivity index (χ2v) is 8.09. The fraction of sp³-hybridized carbons (Fsp3) is 0.375. The van der Waals surface area contributed by atoms with Gasteiger partial charge in [-0.25, -0.2) is 13.4 Å². The first kappa shape index (κ1) is 15.7. The van der Waals surface area contributed by atoms with Crippen LogP contribution in [0.5, 0.6) is 0 Å². The first-order chi connectivity index (χ1) is 11.0. The van der Waals surface area contributed by atoms with Crippen LogP contribution in [0.3, 0.4) is 0 Å². The second-order valence-electron chi connectivity index (χ2n) is 5.86. The fourth-order valence-corrected chi connectivity index (χ4v) is 4.63. The summed E-state index contributed by atoms with van der Waals surface area (Å²) in [6.07, 6.45) is 2.57. The Labute approximate surface area is 135 Å². The third-order valence-electron chi connectivity index (χ3n) is 3.97. The summed E-state index contributed by atoms with van der Waals surface area (Å²) in [6.45, 7) is 0.311. The van der Waals surface area contributed by atoms with Crippen LogP contribution >= 0.6 is 0 Å². The van der Waals surface area contributed by atoms with Gasteiger partial charge in [-0.15, -0.1) is 0 Å². The lowest BCUT2D eigenvalue weighted by Crippen LogP contribution is -2.26. The summed E-state index contributed by atoms with van der Waals surface area (Å²) in [5.41, 5.74) is 1.94. The van der Waals surface area contributed by atoms with Gasteiger partial charge in [0.05, 0.1) is 29.9 Å². The largest absolute Gasteiger partial charge is 0.349 e. The maximum absolute atomic E-state index is 11.9. The highest BCUT2D eigenvalue weighted by molar-refractivity contribution is 7.91. The Morgan fingerprint density at radius 3 is 2.78 bits per heavy atom. The molecular formula is C16H19N3O3S. The van der Waals surface area contributed by atoms with Crippen LogP contribution in [0, 0.1) is 5.92 Å². The maximum atomic E-state index is 11.9. The normalized spacial score (nSPS) is 19.6. The summed E-state index contributed by atoms with van der Waals surface area (Å²) >= 11 is 0. The molecule has 2 aromatic rings. The molecule has 1 atom stereocenters. The summed E-state index contributed by atoms with van der Waals surface area (Å²) in [5, 5.41) is 2.79. The number of aromatic amines is 1. The van der Waals surface area contributed by atoms with Crippen molar-refractivity contribution >= 4 is 15.7 Å². The number of amides is 1. The molecule has 2 N–H and O–H groups in total. The number of hydrogen-bond acceptors (Lipinski definition) is 4. The van der Waals surface area contributed by atoms with Crippen molar-refractivity contribution < 1.29 is 13.2 Å². The molecule has 6 nitrogen and oxygen atoms in total. The third kappa shape index (κ3) is 4.19. The summed E-state index contributed by atoms with van der Waals surface area (Å²) in [7, 11) is -2.93. The molecule has 1 aliphatic rings. The number of nitrogens with one attached hydrogen (secondary N) is 2. The molecule has 0 aliphatic carbocycles. The van der Waals surface area contributed by atoms with E-state index in [0.29, 0.717) is 18.8 Å². The number of rotatable bonds is 5. The van der Waals surface area contributed by atoms with E-state index in [4.69, 9.17) is 0 Å². The minimum absolute atomic E-state index is 0.0588. The van der Waals surface area contributed by atoms with Crippen molar-refractivity contribution in [3.8, 4) is 11.3 Å². The third-order valence-corrected chi connectivity index (χ3v) is 5.80. The van der Waals surface area contributed by atoms with Gasteiger partial charge in [0.15, 0.2) is 9.84 Å². The van der Waals surface area contributed by atoms with E-state index in [9.17, 15) is 13.2 Å². The molecule has 2 heterocycles. The SMILES string of the molecule is O=C(C[C@@H]1CCS(=O)(=O)C1)NCc1ncc(-c2ccccc2)[nH]1. The van der Waals surface area contributed by atoms with Crippen molar-refractivity contribution in [2.45, 2.75) is 19.4 Å². The van der Waals surface area contributed by atoms with Gasteiger partial charge in [0.25, 0.3) is 0 Å². The second kappa shape index (κ2) is 6.54. The van der Waals surface area contributed by atoms with E-state index in [0.717, 1.165) is 11.3 Å². The van der Waals surface area contributed by atoms with Crippen molar-refractivity contribution in [3.05, 3.63) is 42.4 Å². The van der Waals surface area contributed by atoms with Crippen molar-refractivity contribution in [1.29, 1.82) is 0 Å². The lowest BCUT2D eigenvalue weighted by molar-refractivity contribution is -0.122. The fourth-order valence-electron chi connectivity index (χ4n) is 2.77. The van der Waals surface area contributed by atoms with Crippen LogP contribution in [0.15, 0.2) is 36.5 Å². The van der Waals surface area contributed by atoms with Gasteiger partial charge in [0.2, 0.25) is 5.91 Å². The Bertz CT molecular complexity index is 784. The molecule has 0 bridgehead atoms. The van der Waals surface area contributed by atoms with E-state index >= 15 is 0 Å². The van der Waals surface area contributed by atoms with Crippen molar-refractivity contribution in [2.75, 3.05) is 11.5 Å². The highest BCUT2D eigenvalue weighted by Crippen LogP contribution is 2.21. The maximum Gasteiger partial charge on any atom is 0.220 e. The van der Waals surface area contributed by atoms with E-state index < -0.39 is 9.84 Å². The van der Waals surface area contributed by atoms with Crippen LogP contribution in [0.25, 0.3) is 11.3 Å². The highest BCUT2D eigenvalue weighted by atomic mass is 32.2.